The van der Waals surface area contributed by atoms with Gasteiger partial charge in [-0.2, -0.15) is 0 Å². The van der Waals surface area contributed by atoms with E-state index < -0.39 is 23.7 Å². The Hall–Kier alpha value is -2.70. The topological polar surface area (TPSA) is 74.3 Å². The van der Waals surface area contributed by atoms with E-state index in [1.165, 1.54) is 13.2 Å². The number of methoxy groups -OCH3 is 3. The summed E-state index contributed by atoms with van der Waals surface area (Å²) in [6.45, 7) is 5.88. The number of nitrogens with zero attached hydrogens (tertiary/aromatic N) is 1. The van der Waals surface area contributed by atoms with Crippen molar-refractivity contribution in [3.05, 3.63) is 35.4 Å². The summed E-state index contributed by atoms with van der Waals surface area (Å²) < 4.78 is 21.1. The SMILES string of the molecule is COC(=O)/C=C/[C@H]1c2c(cc(OC)cc2OC)CCN1C(=O)OC(C)(C)C. The number of carbonyl (C=O) groups excluding carboxylic acids is 2. The summed E-state index contributed by atoms with van der Waals surface area (Å²) in [5.41, 5.74) is 1.17. The highest BCUT2D eigenvalue weighted by molar-refractivity contribution is 5.82. The Morgan fingerprint density at radius 3 is 2.41 bits per heavy atom. The average molecular weight is 377 g/mol. The molecule has 0 unspecified atom stereocenters. The third kappa shape index (κ3) is 4.93. The molecule has 0 saturated carbocycles. The third-order valence-corrected chi connectivity index (χ3v) is 4.15. The molecule has 1 atom stereocenters. The van der Waals surface area contributed by atoms with Crippen LogP contribution in [0.5, 0.6) is 11.5 Å². The highest BCUT2D eigenvalue weighted by atomic mass is 16.6. The number of hydrogen-bond acceptors (Lipinski definition) is 6. The van der Waals surface area contributed by atoms with E-state index in [2.05, 4.69) is 4.74 Å². The van der Waals surface area contributed by atoms with Crippen LogP contribution in [0.15, 0.2) is 24.3 Å². The molecule has 148 valence electrons. The molecule has 0 N–H and O–H groups in total. The second kappa shape index (κ2) is 8.33. The lowest BCUT2D eigenvalue weighted by atomic mass is 9.91. The molecule has 7 heteroatoms. The summed E-state index contributed by atoms with van der Waals surface area (Å²) in [4.78, 5) is 26.0. The van der Waals surface area contributed by atoms with Gasteiger partial charge in [0.05, 0.1) is 27.4 Å². The van der Waals surface area contributed by atoms with Crippen LogP contribution >= 0.6 is 0 Å². The van der Waals surface area contributed by atoms with Gasteiger partial charge in [0, 0.05) is 24.3 Å². The van der Waals surface area contributed by atoms with Gasteiger partial charge in [0.2, 0.25) is 0 Å². The Kier molecular flexibility index (Phi) is 6.36. The number of ether oxygens (including phenoxy) is 4. The fourth-order valence-corrected chi connectivity index (χ4v) is 2.98. The zero-order chi connectivity index (χ0) is 20.2. The summed E-state index contributed by atoms with van der Waals surface area (Å²) in [6, 6.07) is 3.16. The molecule has 27 heavy (non-hydrogen) atoms. The number of carbonyl (C=O) groups is 2. The summed E-state index contributed by atoms with van der Waals surface area (Å²) in [5, 5.41) is 0. The molecule has 1 aliphatic heterocycles. The van der Waals surface area contributed by atoms with Crippen LogP contribution in [0.3, 0.4) is 0 Å². The van der Waals surface area contributed by atoms with E-state index in [4.69, 9.17) is 14.2 Å². The van der Waals surface area contributed by atoms with Gasteiger partial charge in [-0.15, -0.1) is 0 Å². The molecule has 1 heterocycles. The van der Waals surface area contributed by atoms with Crippen LogP contribution < -0.4 is 9.47 Å². The zero-order valence-corrected chi connectivity index (χ0v) is 16.7. The quantitative estimate of drug-likeness (QED) is 0.592. The molecule has 1 aliphatic rings. The monoisotopic (exact) mass is 377 g/mol. The van der Waals surface area contributed by atoms with Gasteiger partial charge >= 0.3 is 12.1 Å². The molecule has 0 radical (unpaired) electrons. The van der Waals surface area contributed by atoms with Crippen molar-refractivity contribution in [3.63, 3.8) is 0 Å². The fourth-order valence-electron chi connectivity index (χ4n) is 2.98. The smallest absolute Gasteiger partial charge is 0.411 e. The maximum absolute atomic E-state index is 12.8. The molecule has 0 bridgehead atoms. The lowest BCUT2D eigenvalue weighted by Crippen LogP contribution is -2.42. The lowest BCUT2D eigenvalue weighted by molar-refractivity contribution is -0.134. The Morgan fingerprint density at radius 1 is 1.15 bits per heavy atom. The maximum atomic E-state index is 12.8. The minimum Gasteiger partial charge on any atom is -0.497 e. The summed E-state index contributed by atoms with van der Waals surface area (Å²) in [5.74, 6) is 0.753. The van der Waals surface area contributed by atoms with E-state index in [-0.39, 0.29) is 0 Å². The van der Waals surface area contributed by atoms with Crippen LogP contribution in [-0.2, 0) is 20.7 Å². The summed E-state index contributed by atoms with van der Waals surface area (Å²) in [7, 11) is 4.45. The number of rotatable bonds is 4. The van der Waals surface area contributed by atoms with Gasteiger partial charge in [-0.1, -0.05) is 6.08 Å². The number of hydrogen-bond donors (Lipinski definition) is 0. The minimum atomic E-state index is -0.627. The standard InChI is InChI=1S/C20H27NO6/c1-20(2,3)27-19(23)21-10-9-13-11-14(24-4)12-16(25-5)18(13)15(21)7-8-17(22)26-6/h7-8,11-12,15H,9-10H2,1-6H3/b8-7+/t15-/m0/s1. The Bertz CT molecular complexity index is 717. The first-order chi connectivity index (χ1) is 12.7. The molecule has 1 aromatic rings. The first-order valence-corrected chi connectivity index (χ1v) is 8.70. The molecule has 0 aromatic heterocycles. The largest absolute Gasteiger partial charge is 0.497 e. The predicted octanol–water partition coefficient (Wildman–Crippen LogP) is 3.27. The molecule has 0 saturated heterocycles. The minimum absolute atomic E-state index is 0.439. The number of fused-ring (bicyclic) bond motifs is 1. The van der Waals surface area contributed by atoms with Crippen LogP contribution in [0.1, 0.15) is 37.9 Å². The second-order valence-electron chi connectivity index (χ2n) is 7.15. The van der Waals surface area contributed by atoms with Gasteiger partial charge in [-0.05, 0) is 38.8 Å². The molecule has 0 spiro atoms. The van der Waals surface area contributed by atoms with Crippen LogP contribution in [0.2, 0.25) is 0 Å². The van der Waals surface area contributed by atoms with Crippen molar-refractivity contribution in [1.82, 2.24) is 4.90 Å². The Balaban J connectivity index is 2.51. The van der Waals surface area contributed by atoms with Gasteiger partial charge in [0.15, 0.2) is 0 Å². The van der Waals surface area contributed by atoms with Crippen molar-refractivity contribution in [2.45, 2.75) is 38.8 Å². The first kappa shape index (κ1) is 20.6. The highest BCUT2D eigenvalue weighted by Crippen LogP contribution is 2.40. The van der Waals surface area contributed by atoms with E-state index in [0.29, 0.717) is 24.5 Å². The van der Waals surface area contributed by atoms with Crippen molar-refractivity contribution in [3.8, 4) is 11.5 Å². The van der Waals surface area contributed by atoms with E-state index in [9.17, 15) is 9.59 Å². The molecular formula is C20H27NO6. The molecule has 0 fully saturated rings. The fraction of sp³-hybridized carbons (Fsp3) is 0.500. The molecular weight excluding hydrogens is 350 g/mol. The Labute approximate surface area is 159 Å². The first-order valence-electron chi connectivity index (χ1n) is 8.70. The normalized spacial score (nSPS) is 16.7. The van der Waals surface area contributed by atoms with E-state index in [1.54, 1.807) is 31.3 Å². The van der Waals surface area contributed by atoms with Gasteiger partial charge in [0.25, 0.3) is 0 Å². The Morgan fingerprint density at radius 2 is 1.85 bits per heavy atom. The number of benzene rings is 1. The van der Waals surface area contributed by atoms with Crippen LogP contribution in [0, 0.1) is 0 Å². The highest BCUT2D eigenvalue weighted by Gasteiger charge is 2.35. The van der Waals surface area contributed by atoms with Gasteiger partial charge in [0.1, 0.15) is 17.1 Å². The molecule has 2 rings (SSSR count). The zero-order valence-electron chi connectivity index (χ0n) is 16.7. The van der Waals surface area contributed by atoms with Crippen LogP contribution in [0.25, 0.3) is 0 Å². The summed E-state index contributed by atoms with van der Waals surface area (Å²) >= 11 is 0. The molecule has 0 aliphatic carbocycles. The van der Waals surface area contributed by atoms with Gasteiger partial charge < -0.3 is 18.9 Å². The third-order valence-electron chi connectivity index (χ3n) is 4.15. The maximum Gasteiger partial charge on any atom is 0.411 e. The number of esters is 1. The van der Waals surface area contributed by atoms with E-state index in [1.807, 2.05) is 26.8 Å². The molecule has 1 amide bonds. The molecule has 1 aromatic carbocycles. The van der Waals surface area contributed by atoms with Crippen molar-refractivity contribution < 1.29 is 28.5 Å². The number of amides is 1. The van der Waals surface area contributed by atoms with Crippen LogP contribution in [0.4, 0.5) is 4.79 Å². The van der Waals surface area contributed by atoms with Crippen molar-refractivity contribution in [2.24, 2.45) is 0 Å². The summed E-state index contributed by atoms with van der Waals surface area (Å²) in [6.07, 6.45) is 3.10. The van der Waals surface area contributed by atoms with Gasteiger partial charge in [-0.3, -0.25) is 4.90 Å². The molecule has 7 nitrogen and oxygen atoms in total. The second-order valence-corrected chi connectivity index (χ2v) is 7.15. The average Bonchev–Trinajstić information content (AvgIpc) is 2.62. The van der Waals surface area contributed by atoms with Crippen molar-refractivity contribution in [2.75, 3.05) is 27.9 Å². The van der Waals surface area contributed by atoms with Crippen LogP contribution in [-0.4, -0.2) is 50.4 Å². The van der Waals surface area contributed by atoms with Gasteiger partial charge in [-0.25, -0.2) is 9.59 Å². The van der Waals surface area contributed by atoms with Crippen molar-refractivity contribution in [1.29, 1.82) is 0 Å². The predicted molar refractivity (Wildman–Crippen MR) is 100 cm³/mol. The van der Waals surface area contributed by atoms with Crippen molar-refractivity contribution >= 4 is 12.1 Å². The lowest BCUT2D eigenvalue weighted by Gasteiger charge is -2.37. The van der Waals surface area contributed by atoms with E-state index >= 15 is 0 Å². The van der Waals surface area contributed by atoms with E-state index in [0.717, 1.165) is 11.1 Å².